The first-order chi connectivity index (χ1) is 17.7. The highest BCUT2D eigenvalue weighted by molar-refractivity contribution is 6.05. The number of fused-ring (bicyclic) bond motifs is 7. The molecule has 3 saturated carbocycles. The zero-order valence-corrected chi connectivity index (χ0v) is 21.8. The number of hydrogen-bond donors (Lipinski definition) is 2. The molecular weight excluding hydrogens is 470 g/mol. The molecule has 1 unspecified atom stereocenters. The summed E-state index contributed by atoms with van der Waals surface area (Å²) in [6.07, 6.45) is 7.76. The van der Waals surface area contributed by atoms with Crippen LogP contribution in [0.5, 0.6) is 0 Å². The van der Waals surface area contributed by atoms with Crippen molar-refractivity contribution in [1.82, 2.24) is 0 Å². The number of nitrogens with zero attached hydrogens (tertiary/aromatic N) is 1. The number of oxime groups is 1. The summed E-state index contributed by atoms with van der Waals surface area (Å²) in [5.41, 5.74) is 1.02. The van der Waals surface area contributed by atoms with Crippen molar-refractivity contribution in [3.63, 3.8) is 0 Å². The quantitative estimate of drug-likeness (QED) is 0.586. The molecule has 37 heavy (non-hydrogen) atoms. The number of Topliss-reactive ketones (excluding diaryl/α,β-unsaturated/α-hetero) is 1. The summed E-state index contributed by atoms with van der Waals surface area (Å²) in [6.45, 7) is 5.94. The minimum absolute atomic E-state index is 0.0196. The number of ketones is 1. The fourth-order valence-corrected chi connectivity index (χ4v) is 8.69. The molecule has 4 fully saturated rings. The second-order valence-corrected chi connectivity index (χ2v) is 11.9. The van der Waals surface area contributed by atoms with E-state index in [0.717, 1.165) is 24.1 Å². The number of hydrogen-bond acceptors (Lipinski definition) is 7. The van der Waals surface area contributed by atoms with Gasteiger partial charge in [0, 0.05) is 16.7 Å². The van der Waals surface area contributed by atoms with Crippen molar-refractivity contribution in [2.45, 2.75) is 77.2 Å². The lowest BCUT2D eigenvalue weighted by Gasteiger charge is -2.59. The van der Waals surface area contributed by atoms with Crippen LogP contribution in [0.2, 0.25) is 0 Å². The maximum atomic E-state index is 13.2. The Bertz CT molecular complexity index is 1160. The molecule has 7 nitrogen and oxygen atoms in total. The van der Waals surface area contributed by atoms with Crippen molar-refractivity contribution >= 4 is 11.5 Å². The number of aliphatic hydroxyl groups is 2. The van der Waals surface area contributed by atoms with Crippen molar-refractivity contribution < 1.29 is 29.3 Å². The van der Waals surface area contributed by atoms with Gasteiger partial charge in [0.25, 0.3) is 0 Å². The molecule has 1 heterocycles. The average molecular weight is 508 g/mol. The topological polar surface area (TPSA) is 97.6 Å². The molecule has 7 heteroatoms. The third-order valence-corrected chi connectivity index (χ3v) is 10.2. The number of carbonyl (C=O) groups is 1. The van der Waals surface area contributed by atoms with E-state index in [4.69, 9.17) is 14.3 Å². The fraction of sp³-hybridized carbons (Fsp3) is 0.600. The number of rotatable bonds is 5. The molecule has 0 amide bonds. The van der Waals surface area contributed by atoms with Gasteiger partial charge >= 0.3 is 0 Å². The van der Waals surface area contributed by atoms with Crippen molar-refractivity contribution in [2.24, 2.45) is 33.7 Å². The van der Waals surface area contributed by atoms with Gasteiger partial charge in [0.1, 0.15) is 18.9 Å². The predicted molar refractivity (Wildman–Crippen MR) is 137 cm³/mol. The van der Waals surface area contributed by atoms with Crippen LogP contribution in [0.15, 0.2) is 59.3 Å². The van der Waals surface area contributed by atoms with Crippen molar-refractivity contribution in [3.05, 3.63) is 59.7 Å². The Kier molecular flexibility index (Phi) is 5.99. The first kappa shape index (κ1) is 25.0. The molecule has 2 N–H and O–H groups in total. The van der Waals surface area contributed by atoms with Gasteiger partial charge in [-0.25, -0.2) is 0 Å². The summed E-state index contributed by atoms with van der Waals surface area (Å²) in [5.74, 6) is 0.0648. The number of allylic oxidation sites excluding steroid dienone is 4. The second-order valence-electron chi connectivity index (χ2n) is 11.9. The maximum absolute atomic E-state index is 13.2. The Balaban J connectivity index is 1.26. The molecule has 9 atom stereocenters. The molecule has 4 aliphatic carbocycles. The van der Waals surface area contributed by atoms with Gasteiger partial charge in [0.15, 0.2) is 17.7 Å². The number of carbonyl (C=O) groups excluding carboxylic acids is 1. The molecule has 6 rings (SSSR count). The van der Waals surface area contributed by atoms with Crippen LogP contribution < -0.4 is 0 Å². The summed E-state index contributed by atoms with van der Waals surface area (Å²) < 4.78 is 12.4. The molecule has 1 saturated heterocycles. The van der Waals surface area contributed by atoms with Crippen LogP contribution in [-0.2, 0) is 25.7 Å². The Morgan fingerprint density at radius 1 is 1.24 bits per heavy atom. The highest BCUT2D eigenvalue weighted by Crippen LogP contribution is 2.69. The smallest absolute Gasteiger partial charge is 0.193 e. The van der Waals surface area contributed by atoms with E-state index >= 15 is 0 Å². The Hall–Kier alpha value is -2.32. The lowest BCUT2D eigenvalue weighted by atomic mass is 9.46. The van der Waals surface area contributed by atoms with E-state index in [1.807, 2.05) is 36.4 Å². The molecule has 0 radical (unpaired) electrons. The van der Waals surface area contributed by atoms with Gasteiger partial charge in [-0.1, -0.05) is 61.0 Å². The number of ether oxygens (including phenoxy) is 2. The van der Waals surface area contributed by atoms with Gasteiger partial charge in [-0.3, -0.25) is 4.79 Å². The van der Waals surface area contributed by atoms with Crippen LogP contribution in [-0.4, -0.2) is 52.4 Å². The molecule has 1 aromatic carbocycles. The average Bonchev–Trinajstić information content (AvgIpc) is 3.34. The molecule has 0 spiro atoms. The normalized spacial score (nSPS) is 45.0. The summed E-state index contributed by atoms with van der Waals surface area (Å²) in [6, 6.07) is 9.97. The zero-order valence-electron chi connectivity index (χ0n) is 21.8. The standard InChI is InChI=1S/C30H37NO6/c1-18-36-26-14-23-22-10-9-20-13-21(31-35-17-19-7-5-4-6-8-19)11-12-28(20,2)27(22)24(33)15-29(23,3)30(26,37-18)25(34)16-32/h4-8,11-13,18,22-24,26-27,32-33H,9-10,14-17H2,1-3H3/b31-21+/t18?,22-,23-,24-,26+,27+,28-,29-,30+/m0/s1. The van der Waals surface area contributed by atoms with Crippen molar-refractivity contribution in [2.75, 3.05) is 6.61 Å². The Morgan fingerprint density at radius 2 is 2.03 bits per heavy atom. The molecule has 1 aliphatic heterocycles. The third kappa shape index (κ3) is 3.54. The van der Waals surface area contributed by atoms with Gasteiger partial charge < -0.3 is 24.5 Å². The van der Waals surface area contributed by atoms with E-state index in [0.29, 0.717) is 19.4 Å². The second kappa shape index (κ2) is 8.87. The van der Waals surface area contributed by atoms with Crippen LogP contribution in [0.1, 0.15) is 52.0 Å². The Labute approximate surface area is 218 Å². The number of benzene rings is 1. The van der Waals surface area contributed by atoms with Gasteiger partial charge in [-0.2, -0.15) is 0 Å². The summed E-state index contributed by atoms with van der Waals surface area (Å²) in [7, 11) is 0. The molecule has 1 aromatic rings. The SMILES string of the molecule is CC1O[C@@H]2C[C@H]3[C@@H]4CCC5=C/C(=N/OCc6ccccc6)C=C[C@]5(C)[C@H]4[C@@H](O)C[C@]3(C)[C@]2(C(=O)CO)O1. The molecule has 0 aromatic heterocycles. The van der Waals surface area contributed by atoms with Crippen LogP contribution in [0, 0.1) is 28.6 Å². The van der Waals surface area contributed by atoms with Crippen molar-refractivity contribution in [1.29, 1.82) is 0 Å². The molecule has 0 bridgehead atoms. The van der Waals surface area contributed by atoms with Gasteiger partial charge in [-0.05, 0) is 62.2 Å². The van der Waals surface area contributed by atoms with Crippen LogP contribution in [0.4, 0.5) is 0 Å². The Morgan fingerprint density at radius 3 is 2.78 bits per heavy atom. The summed E-state index contributed by atoms with van der Waals surface area (Å²) >= 11 is 0. The van der Waals surface area contributed by atoms with Crippen LogP contribution in [0.3, 0.4) is 0 Å². The van der Waals surface area contributed by atoms with E-state index in [1.165, 1.54) is 5.57 Å². The fourth-order valence-electron chi connectivity index (χ4n) is 8.69. The van der Waals surface area contributed by atoms with E-state index in [9.17, 15) is 15.0 Å². The van der Waals surface area contributed by atoms with Gasteiger partial charge in [0.2, 0.25) is 0 Å². The highest BCUT2D eigenvalue weighted by Gasteiger charge is 2.75. The molecule has 5 aliphatic rings. The highest BCUT2D eigenvalue weighted by atomic mass is 16.7. The van der Waals surface area contributed by atoms with Gasteiger partial charge in [0.05, 0.1) is 12.2 Å². The summed E-state index contributed by atoms with van der Waals surface area (Å²) in [5, 5.41) is 26.0. The van der Waals surface area contributed by atoms with Crippen LogP contribution in [0.25, 0.3) is 0 Å². The zero-order chi connectivity index (χ0) is 26.0. The third-order valence-electron chi connectivity index (χ3n) is 10.2. The summed E-state index contributed by atoms with van der Waals surface area (Å²) in [4.78, 5) is 18.8. The minimum Gasteiger partial charge on any atom is -0.393 e. The molecular formula is C30H37NO6. The predicted octanol–water partition coefficient (Wildman–Crippen LogP) is 3.94. The van der Waals surface area contributed by atoms with Crippen molar-refractivity contribution in [3.8, 4) is 0 Å². The largest absolute Gasteiger partial charge is 0.393 e. The van der Waals surface area contributed by atoms with E-state index < -0.39 is 36.1 Å². The molecule has 198 valence electrons. The van der Waals surface area contributed by atoms with Crippen LogP contribution >= 0.6 is 0 Å². The van der Waals surface area contributed by atoms with E-state index in [2.05, 4.69) is 31.2 Å². The first-order valence-corrected chi connectivity index (χ1v) is 13.5. The van der Waals surface area contributed by atoms with Gasteiger partial charge in [-0.15, -0.1) is 0 Å². The van der Waals surface area contributed by atoms with E-state index in [1.54, 1.807) is 6.92 Å². The number of aliphatic hydroxyl groups excluding tert-OH is 2. The maximum Gasteiger partial charge on any atom is 0.193 e. The lowest BCUT2D eigenvalue weighted by molar-refractivity contribution is -0.196. The lowest BCUT2D eigenvalue weighted by Crippen LogP contribution is -2.63. The first-order valence-electron chi connectivity index (χ1n) is 13.5. The van der Waals surface area contributed by atoms with E-state index in [-0.39, 0.29) is 29.0 Å². The monoisotopic (exact) mass is 507 g/mol. The minimum atomic E-state index is -1.20.